The number of rotatable bonds is 7. The summed E-state index contributed by atoms with van der Waals surface area (Å²) in [6.07, 6.45) is 0. The van der Waals surface area contributed by atoms with Crippen molar-refractivity contribution in [2.24, 2.45) is 0 Å². The van der Waals surface area contributed by atoms with Crippen molar-refractivity contribution in [1.29, 1.82) is 0 Å². The maximum absolute atomic E-state index is 5.14. The molecule has 0 unspecified atom stereocenters. The summed E-state index contributed by atoms with van der Waals surface area (Å²) in [4.78, 5) is 3.09. The molecule has 0 aliphatic heterocycles. The van der Waals surface area contributed by atoms with Gasteiger partial charge in [0.2, 0.25) is 0 Å². The molecule has 0 rings (SSSR count). The first-order valence-corrected chi connectivity index (χ1v) is 5.52. The Kier molecular flexibility index (Phi) is 6.53. The Morgan fingerprint density at radius 2 is 1.50 bits per heavy atom. The predicted molar refractivity (Wildman–Crippen MR) is 48.7 cm³/mol. The Balaban J connectivity index is 3.76. The Labute approximate surface area is 74.8 Å². The normalized spacial score (nSPS) is 12.0. The van der Waals surface area contributed by atoms with Crippen molar-refractivity contribution < 1.29 is 13.3 Å². The number of nitrogens with one attached hydrogen (secondary N) is 2. The molecule has 12 heavy (non-hydrogen) atoms. The minimum Gasteiger partial charge on any atom is -0.364 e. The van der Waals surface area contributed by atoms with Gasteiger partial charge in [0.05, 0.1) is 0 Å². The number of hydrogen-bond donors (Lipinski definition) is 2. The first-order valence-electron chi connectivity index (χ1n) is 3.79. The van der Waals surface area contributed by atoms with Gasteiger partial charge in [-0.05, 0) is 7.05 Å². The van der Waals surface area contributed by atoms with Crippen LogP contribution in [0.25, 0.3) is 0 Å². The van der Waals surface area contributed by atoms with Crippen molar-refractivity contribution in [2.45, 2.75) is 0 Å². The second-order valence-corrected chi connectivity index (χ2v) is 4.89. The molecule has 0 amide bonds. The van der Waals surface area contributed by atoms with E-state index in [0.717, 1.165) is 13.1 Å². The van der Waals surface area contributed by atoms with Crippen molar-refractivity contribution >= 4 is 8.97 Å². The van der Waals surface area contributed by atoms with Crippen LogP contribution in [0, 0.1) is 0 Å². The molecule has 2 N–H and O–H groups in total. The molecule has 0 atom stereocenters. The molecule has 0 aliphatic rings. The van der Waals surface area contributed by atoms with Gasteiger partial charge in [-0.25, -0.2) is 0 Å². The lowest BCUT2D eigenvalue weighted by Gasteiger charge is -2.24. The highest BCUT2D eigenvalue weighted by atomic mass is 28.4. The van der Waals surface area contributed by atoms with Crippen molar-refractivity contribution in [3.63, 3.8) is 0 Å². The zero-order valence-corrected chi connectivity index (χ0v) is 9.14. The third-order valence-electron chi connectivity index (χ3n) is 1.52. The molecule has 0 aromatic heterocycles. The van der Waals surface area contributed by atoms with Gasteiger partial charge in [-0.15, -0.1) is 0 Å². The summed E-state index contributed by atoms with van der Waals surface area (Å²) in [6.45, 7) is 1.61. The standard InChI is InChI=1S/C6H18N2O3Si/c1-7-5-6-8-12(9-2,10-3)11-4/h7-8H,5-6H2,1-4H3. The zero-order chi connectivity index (χ0) is 9.45. The summed E-state index contributed by atoms with van der Waals surface area (Å²) >= 11 is 0. The minimum absolute atomic E-state index is 0.762. The molecule has 0 aromatic carbocycles. The minimum atomic E-state index is -2.54. The van der Waals surface area contributed by atoms with Crippen LogP contribution in [0.5, 0.6) is 0 Å². The molecule has 0 saturated carbocycles. The molecular weight excluding hydrogens is 176 g/mol. The first-order chi connectivity index (χ1) is 5.74. The molecule has 0 fully saturated rings. The van der Waals surface area contributed by atoms with E-state index in [1.54, 1.807) is 21.3 Å². The number of hydrogen-bond acceptors (Lipinski definition) is 5. The summed E-state index contributed by atoms with van der Waals surface area (Å²) < 4.78 is 15.4. The van der Waals surface area contributed by atoms with Gasteiger partial charge in [0.15, 0.2) is 0 Å². The van der Waals surface area contributed by atoms with Gasteiger partial charge in [0.1, 0.15) is 0 Å². The molecule has 0 spiro atoms. The fraction of sp³-hybridized carbons (Fsp3) is 1.00. The lowest BCUT2D eigenvalue weighted by Crippen LogP contribution is -2.58. The summed E-state index contributed by atoms with van der Waals surface area (Å²) in [5, 5.41) is 3.01. The smallest absolute Gasteiger partial charge is 0.364 e. The maximum atomic E-state index is 5.14. The summed E-state index contributed by atoms with van der Waals surface area (Å²) in [5.41, 5.74) is 0. The lowest BCUT2D eigenvalue weighted by molar-refractivity contribution is 0.110. The van der Waals surface area contributed by atoms with E-state index in [-0.39, 0.29) is 0 Å². The molecule has 6 heteroatoms. The molecule has 74 valence electrons. The van der Waals surface area contributed by atoms with Gasteiger partial charge < -0.3 is 18.6 Å². The molecule has 0 heterocycles. The highest BCUT2D eigenvalue weighted by Gasteiger charge is 2.38. The molecule has 0 bridgehead atoms. The van der Waals surface area contributed by atoms with E-state index in [1.165, 1.54) is 0 Å². The summed E-state index contributed by atoms with van der Waals surface area (Å²) in [6, 6.07) is 0. The van der Waals surface area contributed by atoms with Crippen LogP contribution in [0.3, 0.4) is 0 Å². The quantitative estimate of drug-likeness (QED) is 0.409. The van der Waals surface area contributed by atoms with E-state index >= 15 is 0 Å². The second-order valence-electron chi connectivity index (χ2n) is 2.20. The zero-order valence-electron chi connectivity index (χ0n) is 8.14. The average molecular weight is 194 g/mol. The average Bonchev–Trinajstić information content (AvgIpc) is 2.14. The van der Waals surface area contributed by atoms with Crippen LogP contribution in [-0.4, -0.2) is 50.4 Å². The molecular formula is C6H18N2O3Si. The highest BCUT2D eigenvalue weighted by Crippen LogP contribution is 1.99. The summed E-state index contributed by atoms with van der Waals surface area (Å²) in [5.74, 6) is 0. The predicted octanol–water partition coefficient (Wildman–Crippen LogP) is -0.830. The Bertz CT molecular complexity index is 103. The van der Waals surface area contributed by atoms with E-state index in [9.17, 15) is 0 Å². The van der Waals surface area contributed by atoms with Crippen molar-refractivity contribution in [1.82, 2.24) is 10.3 Å². The third kappa shape index (κ3) is 3.61. The fourth-order valence-corrected chi connectivity index (χ4v) is 2.17. The third-order valence-corrected chi connectivity index (χ3v) is 3.82. The summed E-state index contributed by atoms with van der Waals surface area (Å²) in [7, 11) is 4.07. The number of likely N-dealkylation sites (N-methyl/N-ethyl adjacent to an activating group) is 1. The highest BCUT2D eigenvalue weighted by molar-refractivity contribution is 6.57. The SMILES string of the molecule is CNCCN[Si](OC)(OC)OC. The van der Waals surface area contributed by atoms with Crippen molar-refractivity contribution in [2.75, 3.05) is 41.5 Å². The first kappa shape index (κ1) is 12.0. The Morgan fingerprint density at radius 1 is 1.00 bits per heavy atom. The fourth-order valence-electron chi connectivity index (χ4n) is 0.807. The van der Waals surface area contributed by atoms with Gasteiger partial charge >= 0.3 is 8.97 Å². The molecule has 5 nitrogen and oxygen atoms in total. The van der Waals surface area contributed by atoms with E-state index in [4.69, 9.17) is 13.3 Å². The van der Waals surface area contributed by atoms with Crippen LogP contribution in [0.4, 0.5) is 0 Å². The van der Waals surface area contributed by atoms with E-state index < -0.39 is 8.97 Å². The van der Waals surface area contributed by atoms with E-state index in [1.807, 2.05) is 7.05 Å². The van der Waals surface area contributed by atoms with Crippen molar-refractivity contribution in [3.05, 3.63) is 0 Å². The largest absolute Gasteiger partial charge is 0.596 e. The molecule has 0 aliphatic carbocycles. The van der Waals surface area contributed by atoms with Crippen LogP contribution in [0.2, 0.25) is 0 Å². The Morgan fingerprint density at radius 3 is 1.83 bits per heavy atom. The van der Waals surface area contributed by atoms with Gasteiger partial charge in [-0.1, -0.05) is 0 Å². The van der Waals surface area contributed by atoms with Gasteiger partial charge in [-0.3, -0.25) is 4.98 Å². The van der Waals surface area contributed by atoms with Crippen LogP contribution < -0.4 is 10.3 Å². The van der Waals surface area contributed by atoms with Gasteiger partial charge in [-0.2, -0.15) is 0 Å². The van der Waals surface area contributed by atoms with Crippen molar-refractivity contribution in [3.8, 4) is 0 Å². The van der Waals surface area contributed by atoms with Crippen LogP contribution in [0.15, 0.2) is 0 Å². The van der Waals surface area contributed by atoms with Crippen LogP contribution in [-0.2, 0) is 13.3 Å². The second kappa shape index (κ2) is 6.52. The Hall–Kier alpha value is 0.0169. The van der Waals surface area contributed by atoms with Gasteiger partial charge in [0, 0.05) is 34.4 Å². The van der Waals surface area contributed by atoms with Crippen LogP contribution in [0.1, 0.15) is 0 Å². The lowest BCUT2D eigenvalue weighted by atomic mass is 10.7. The molecule has 0 saturated heterocycles. The topological polar surface area (TPSA) is 51.8 Å². The molecule has 0 radical (unpaired) electrons. The van der Waals surface area contributed by atoms with Gasteiger partial charge in [0.25, 0.3) is 0 Å². The van der Waals surface area contributed by atoms with Crippen LogP contribution >= 0.6 is 0 Å². The van der Waals surface area contributed by atoms with E-state index in [0.29, 0.717) is 0 Å². The molecule has 0 aromatic rings. The van der Waals surface area contributed by atoms with E-state index in [2.05, 4.69) is 10.3 Å². The maximum Gasteiger partial charge on any atom is 0.596 e. The monoisotopic (exact) mass is 194 g/mol.